The normalized spacial score (nSPS) is 14.8. The Hall–Kier alpha value is -2.30. The van der Waals surface area contributed by atoms with Gasteiger partial charge in [0.05, 0.1) is 18.0 Å². The first-order chi connectivity index (χ1) is 13.5. The molecule has 3 rings (SSSR count). The van der Waals surface area contributed by atoms with Crippen molar-refractivity contribution in [3.8, 4) is 5.75 Å². The second-order valence-electron chi connectivity index (χ2n) is 7.05. The van der Waals surface area contributed by atoms with Crippen LogP contribution in [0.3, 0.4) is 0 Å². The van der Waals surface area contributed by atoms with Crippen molar-refractivity contribution in [1.29, 1.82) is 0 Å². The number of carbonyl (C=O) groups is 1. The predicted molar refractivity (Wildman–Crippen MR) is 125 cm³/mol. The van der Waals surface area contributed by atoms with Crippen LogP contribution in [-0.4, -0.2) is 59.3 Å². The standard InChI is InChI=1S/C20H28N6O2.HI/c1-15(2)28-18-7-5-16(6-8-18)11-22-20(21-3)25-9-10-26(19(27)14-25)17-12-23-24(4)13-17;/h5-8,12-13,15H,9-11,14H2,1-4H3,(H,21,22);1H. The second kappa shape index (κ2) is 10.5. The largest absolute Gasteiger partial charge is 0.491 e. The van der Waals surface area contributed by atoms with Gasteiger partial charge in [-0.1, -0.05) is 12.1 Å². The van der Waals surface area contributed by atoms with E-state index in [0.717, 1.165) is 23.0 Å². The fourth-order valence-electron chi connectivity index (χ4n) is 3.15. The molecule has 1 saturated heterocycles. The maximum Gasteiger partial charge on any atom is 0.246 e. The Morgan fingerprint density at radius 2 is 2.00 bits per heavy atom. The number of hydrogen-bond acceptors (Lipinski definition) is 4. The quantitative estimate of drug-likeness (QED) is 0.378. The maximum absolute atomic E-state index is 12.6. The highest BCUT2D eigenvalue weighted by molar-refractivity contribution is 14.0. The summed E-state index contributed by atoms with van der Waals surface area (Å²) in [5.74, 6) is 1.62. The van der Waals surface area contributed by atoms with Crippen LogP contribution >= 0.6 is 24.0 Å². The van der Waals surface area contributed by atoms with E-state index in [1.54, 1.807) is 22.8 Å². The molecule has 2 heterocycles. The molecule has 0 radical (unpaired) electrons. The number of nitrogens with zero attached hydrogens (tertiary/aromatic N) is 5. The van der Waals surface area contributed by atoms with Crippen LogP contribution in [0.4, 0.5) is 5.69 Å². The number of benzene rings is 1. The van der Waals surface area contributed by atoms with Crippen molar-refractivity contribution in [3.63, 3.8) is 0 Å². The van der Waals surface area contributed by atoms with Crippen LogP contribution in [0.25, 0.3) is 0 Å². The zero-order valence-electron chi connectivity index (χ0n) is 17.3. The van der Waals surface area contributed by atoms with E-state index < -0.39 is 0 Å². The van der Waals surface area contributed by atoms with Crippen molar-refractivity contribution in [2.45, 2.75) is 26.5 Å². The van der Waals surface area contributed by atoms with Crippen LogP contribution in [-0.2, 0) is 18.4 Å². The lowest BCUT2D eigenvalue weighted by molar-refractivity contribution is -0.120. The molecule has 1 aliphatic heterocycles. The fourth-order valence-corrected chi connectivity index (χ4v) is 3.15. The summed E-state index contributed by atoms with van der Waals surface area (Å²) in [6, 6.07) is 8.00. The molecule has 1 fully saturated rings. The third-order valence-corrected chi connectivity index (χ3v) is 4.48. The summed E-state index contributed by atoms with van der Waals surface area (Å²) >= 11 is 0. The highest BCUT2D eigenvalue weighted by Crippen LogP contribution is 2.16. The zero-order valence-corrected chi connectivity index (χ0v) is 19.7. The Morgan fingerprint density at radius 1 is 1.28 bits per heavy atom. The number of ether oxygens (including phenoxy) is 1. The molecule has 1 aromatic heterocycles. The molecule has 1 aliphatic rings. The van der Waals surface area contributed by atoms with Gasteiger partial charge in [0.2, 0.25) is 5.91 Å². The van der Waals surface area contributed by atoms with Crippen molar-refractivity contribution in [3.05, 3.63) is 42.2 Å². The molecule has 1 N–H and O–H groups in total. The number of guanidine groups is 1. The summed E-state index contributed by atoms with van der Waals surface area (Å²) in [5, 5.41) is 7.49. The molecule has 0 aliphatic carbocycles. The van der Waals surface area contributed by atoms with E-state index in [0.29, 0.717) is 19.6 Å². The Bertz CT molecular complexity index is 834. The van der Waals surface area contributed by atoms with E-state index in [9.17, 15) is 4.79 Å². The van der Waals surface area contributed by atoms with Crippen LogP contribution in [0.15, 0.2) is 41.7 Å². The van der Waals surface area contributed by atoms with Gasteiger partial charge in [-0.25, -0.2) is 0 Å². The summed E-state index contributed by atoms with van der Waals surface area (Å²) < 4.78 is 7.37. The minimum atomic E-state index is 0. The summed E-state index contributed by atoms with van der Waals surface area (Å²) in [5.41, 5.74) is 1.95. The van der Waals surface area contributed by atoms with Crippen molar-refractivity contribution in [1.82, 2.24) is 20.0 Å². The molecule has 2 aromatic rings. The van der Waals surface area contributed by atoms with Gasteiger partial charge in [0.25, 0.3) is 0 Å². The number of rotatable bonds is 5. The van der Waals surface area contributed by atoms with Gasteiger partial charge in [0, 0.05) is 39.9 Å². The van der Waals surface area contributed by atoms with Crippen LogP contribution in [0.1, 0.15) is 19.4 Å². The molecule has 29 heavy (non-hydrogen) atoms. The molecule has 0 atom stereocenters. The van der Waals surface area contributed by atoms with E-state index in [-0.39, 0.29) is 42.5 Å². The summed E-state index contributed by atoms with van der Waals surface area (Å²) in [7, 11) is 3.58. The van der Waals surface area contributed by atoms with E-state index in [4.69, 9.17) is 4.74 Å². The first-order valence-corrected chi connectivity index (χ1v) is 9.46. The van der Waals surface area contributed by atoms with Gasteiger partial charge in [-0.2, -0.15) is 5.10 Å². The van der Waals surface area contributed by atoms with Gasteiger partial charge in [0.1, 0.15) is 12.3 Å². The van der Waals surface area contributed by atoms with Gasteiger partial charge in [0.15, 0.2) is 5.96 Å². The van der Waals surface area contributed by atoms with E-state index in [1.807, 2.05) is 56.3 Å². The SMILES string of the molecule is CN=C(NCc1ccc(OC(C)C)cc1)N1CCN(c2cnn(C)c2)C(=O)C1.I. The van der Waals surface area contributed by atoms with Crippen molar-refractivity contribution in [2.75, 3.05) is 31.6 Å². The highest BCUT2D eigenvalue weighted by Gasteiger charge is 2.27. The van der Waals surface area contributed by atoms with Gasteiger partial charge in [-0.3, -0.25) is 14.5 Å². The third-order valence-electron chi connectivity index (χ3n) is 4.48. The molecule has 8 nitrogen and oxygen atoms in total. The second-order valence-corrected chi connectivity index (χ2v) is 7.05. The minimum Gasteiger partial charge on any atom is -0.491 e. The fraction of sp³-hybridized carbons (Fsp3) is 0.450. The van der Waals surface area contributed by atoms with E-state index in [2.05, 4.69) is 15.4 Å². The minimum absolute atomic E-state index is 0. The predicted octanol–water partition coefficient (Wildman–Crippen LogP) is 2.25. The summed E-state index contributed by atoms with van der Waals surface area (Å²) in [6.07, 6.45) is 3.73. The van der Waals surface area contributed by atoms with Gasteiger partial charge < -0.3 is 19.9 Å². The molecule has 0 bridgehead atoms. The molecule has 0 unspecified atom stereocenters. The number of anilines is 1. The van der Waals surface area contributed by atoms with Crippen molar-refractivity contribution in [2.24, 2.45) is 12.0 Å². The molecule has 1 aromatic carbocycles. The van der Waals surface area contributed by atoms with Crippen LogP contribution in [0.5, 0.6) is 5.75 Å². The monoisotopic (exact) mass is 512 g/mol. The van der Waals surface area contributed by atoms with Gasteiger partial charge in [-0.15, -0.1) is 24.0 Å². The lowest BCUT2D eigenvalue weighted by atomic mass is 10.2. The lowest BCUT2D eigenvalue weighted by Gasteiger charge is -2.35. The van der Waals surface area contributed by atoms with Crippen LogP contribution in [0, 0.1) is 0 Å². The Morgan fingerprint density at radius 3 is 2.55 bits per heavy atom. The highest BCUT2D eigenvalue weighted by atomic mass is 127. The first-order valence-electron chi connectivity index (χ1n) is 9.46. The number of aryl methyl sites for hydroxylation is 1. The van der Waals surface area contributed by atoms with E-state index in [1.165, 1.54) is 0 Å². The van der Waals surface area contributed by atoms with E-state index >= 15 is 0 Å². The average molecular weight is 512 g/mol. The topological polar surface area (TPSA) is 75.0 Å². The molecular weight excluding hydrogens is 483 g/mol. The average Bonchev–Trinajstić information content (AvgIpc) is 3.09. The number of halogens is 1. The van der Waals surface area contributed by atoms with Crippen molar-refractivity contribution >= 4 is 41.5 Å². The lowest BCUT2D eigenvalue weighted by Crippen LogP contribution is -2.55. The zero-order chi connectivity index (χ0) is 20.1. The number of nitrogens with one attached hydrogen (secondary N) is 1. The van der Waals surface area contributed by atoms with Gasteiger partial charge in [-0.05, 0) is 31.5 Å². The Balaban J connectivity index is 0.00000300. The number of aliphatic imine (C=N–C) groups is 1. The van der Waals surface area contributed by atoms with Gasteiger partial charge >= 0.3 is 0 Å². The summed E-state index contributed by atoms with van der Waals surface area (Å²) in [6.45, 7) is 6.25. The number of aromatic nitrogens is 2. The molecule has 9 heteroatoms. The van der Waals surface area contributed by atoms with Crippen LogP contribution in [0.2, 0.25) is 0 Å². The molecule has 0 saturated carbocycles. The molecular formula is C20H29IN6O2. The number of hydrogen-bond donors (Lipinski definition) is 1. The first kappa shape index (κ1) is 23.0. The molecule has 0 spiro atoms. The number of carbonyl (C=O) groups excluding carboxylic acids is 1. The Kier molecular flexibility index (Phi) is 8.30. The van der Waals surface area contributed by atoms with Crippen molar-refractivity contribution < 1.29 is 9.53 Å². The molecule has 158 valence electrons. The number of piperazine rings is 1. The maximum atomic E-state index is 12.6. The Labute approximate surface area is 188 Å². The third kappa shape index (κ3) is 6.09. The van der Waals surface area contributed by atoms with Crippen LogP contribution < -0.4 is 15.0 Å². The molecule has 1 amide bonds. The smallest absolute Gasteiger partial charge is 0.246 e. The summed E-state index contributed by atoms with van der Waals surface area (Å²) in [4.78, 5) is 20.7. The number of amides is 1.